The van der Waals surface area contributed by atoms with Gasteiger partial charge in [-0.15, -0.1) is 0 Å². The third kappa shape index (κ3) is 3.07. The summed E-state index contributed by atoms with van der Waals surface area (Å²) < 4.78 is 14.1. The number of halogens is 2. The molecule has 3 heteroatoms. The van der Waals surface area contributed by atoms with Gasteiger partial charge in [-0.1, -0.05) is 29.8 Å². The van der Waals surface area contributed by atoms with Gasteiger partial charge in [-0.25, -0.2) is 4.39 Å². The molecule has 0 aliphatic carbocycles. The van der Waals surface area contributed by atoms with Crippen LogP contribution in [0.3, 0.4) is 0 Å². The first-order valence-corrected chi connectivity index (χ1v) is 5.42. The molecule has 1 rings (SSSR count). The SMILES string of the molecule is CC(C)C(O)Cc1cc(Br)ccc1F. The zero-order chi connectivity index (χ0) is 10.7. The molecule has 0 amide bonds. The summed E-state index contributed by atoms with van der Waals surface area (Å²) in [4.78, 5) is 0. The molecule has 0 radical (unpaired) electrons. The van der Waals surface area contributed by atoms with Crippen LogP contribution in [-0.2, 0) is 6.42 Å². The Morgan fingerprint density at radius 3 is 2.64 bits per heavy atom. The maximum Gasteiger partial charge on any atom is 0.126 e. The molecule has 0 aromatic heterocycles. The number of hydrogen-bond donors (Lipinski definition) is 1. The lowest BCUT2D eigenvalue weighted by Gasteiger charge is -2.14. The van der Waals surface area contributed by atoms with Gasteiger partial charge >= 0.3 is 0 Å². The lowest BCUT2D eigenvalue weighted by Crippen LogP contribution is -2.18. The first kappa shape index (κ1) is 11.7. The number of benzene rings is 1. The van der Waals surface area contributed by atoms with Crippen LogP contribution >= 0.6 is 15.9 Å². The van der Waals surface area contributed by atoms with Crippen molar-refractivity contribution in [1.29, 1.82) is 0 Å². The number of rotatable bonds is 3. The summed E-state index contributed by atoms with van der Waals surface area (Å²) in [5, 5.41) is 9.61. The lowest BCUT2D eigenvalue weighted by molar-refractivity contribution is 0.124. The quantitative estimate of drug-likeness (QED) is 0.886. The maximum atomic E-state index is 13.3. The van der Waals surface area contributed by atoms with Crippen LogP contribution in [0.15, 0.2) is 22.7 Å². The van der Waals surface area contributed by atoms with E-state index in [1.54, 1.807) is 12.1 Å². The summed E-state index contributed by atoms with van der Waals surface area (Å²) in [5.74, 6) is -0.110. The maximum absolute atomic E-state index is 13.3. The Labute approximate surface area is 92.1 Å². The van der Waals surface area contributed by atoms with Gasteiger partial charge in [-0.3, -0.25) is 0 Å². The van der Waals surface area contributed by atoms with Crippen molar-refractivity contribution in [3.63, 3.8) is 0 Å². The van der Waals surface area contributed by atoms with E-state index >= 15 is 0 Å². The Hall–Kier alpha value is -0.410. The van der Waals surface area contributed by atoms with Crippen molar-refractivity contribution in [3.8, 4) is 0 Å². The van der Waals surface area contributed by atoms with Crippen LogP contribution in [0.25, 0.3) is 0 Å². The van der Waals surface area contributed by atoms with E-state index < -0.39 is 6.10 Å². The Bertz CT molecular complexity index is 312. The van der Waals surface area contributed by atoms with Crippen LogP contribution in [0.1, 0.15) is 19.4 Å². The van der Waals surface area contributed by atoms with E-state index in [4.69, 9.17) is 0 Å². The highest BCUT2D eigenvalue weighted by atomic mass is 79.9. The van der Waals surface area contributed by atoms with E-state index in [0.717, 1.165) is 4.47 Å². The first-order chi connectivity index (χ1) is 6.50. The molecule has 1 aromatic rings. The fraction of sp³-hybridized carbons (Fsp3) is 0.455. The van der Waals surface area contributed by atoms with Crippen molar-refractivity contribution >= 4 is 15.9 Å². The fourth-order valence-electron chi connectivity index (χ4n) is 1.16. The number of hydrogen-bond acceptors (Lipinski definition) is 1. The minimum Gasteiger partial charge on any atom is -0.393 e. The third-order valence-corrected chi connectivity index (χ3v) is 2.70. The average molecular weight is 261 g/mol. The summed E-state index contributed by atoms with van der Waals surface area (Å²) >= 11 is 3.27. The summed E-state index contributed by atoms with van der Waals surface area (Å²) in [6.45, 7) is 3.83. The van der Waals surface area contributed by atoms with Crippen molar-refractivity contribution < 1.29 is 9.50 Å². The fourth-order valence-corrected chi connectivity index (χ4v) is 1.57. The molecule has 0 aliphatic heterocycles. The summed E-state index contributed by atoms with van der Waals surface area (Å²) in [6, 6.07) is 4.77. The highest BCUT2D eigenvalue weighted by molar-refractivity contribution is 9.10. The van der Waals surface area contributed by atoms with Gasteiger partial charge in [0.1, 0.15) is 5.82 Å². The van der Waals surface area contributed by atoms with Crippen molar-refractivity contribution in [2.45, 2.75) is 26.4 Å². The molecule has 1 unspecified atom stereocenters. The van der Waals surface area contributed by atoms with Crippen LogP contribution in [0, 0.1) is 11.7 Å². The van der Waals surface area contributed by atoms with Crippen LogP contribution < -0.4 is 0 Å². The van der Waals surface area contributed by atoms with Crippen LogP contribution in [-0.4, -0.2) is 11.2 Å². The summed E-state index contributed by atoms with van der Waals surface area (Å²) in [5.41, 5.74) is 0.556. The third-order valence-electron chi connectivity index (χ3n) is 2.21. The number of aliphatic hydroxyl groups is 1. The topological polar surface area (TPSA) is 20.2 Å². The second kappa shape index (κ2) is 4.89. The van der Waals surface area contributed by atoms with Crippen molar-refractivity contribution in [3.05, 3.63) is 34.1 Å². The molecule has 0 saturated heterocycles. The minimum atomic E-state index is -0.487. The second-order valence-electron chi connectivity index (χ2n) is 3.75. The van der Waals surface area contributed by atoms with E-state index in [1.165, 1.54) is 6.07 Å². The van der Waals surface area contributed by atoms with E-state index in [2.05, 4.69) is 15.9 Å². The molecule has 1 aromatic carbocycles. The monoisotopic (exact) mass is 260 g/mol. The van der Waals surface area contributed by atoms with Crippen LogP contribution in [0.2, 0.25) is 0 Å². The molecular formula is C11H14BrFO. The van der Waals surface area contributed by atoms with E-state index in [9.17, 15) is 9.50 Å². The van der Waals surface area contributed by atoms with Gasteiger partial charge < -0.3 is 5.11 Å². The van der Waals surface area contributed by atoms with Gasteiger partial charge in [0.25, 0.3) is 0 Å². The van der Waals surface area contributed by atoms with Crippen molar-refractivity contribution in [2.24, 2.45) is 5.92 Å². The molecule has 0 heterocycles. The molecule has 0 aliphatic rings. The molecule has 78 valence electrons. The molecular weight excluding hydrogens is 247 g/mol. The van der Waals surface area contributed by atoms with Gasteiger partial charge in [-0.2, -0.15) is 0 Å². The van der Waals surface area contributed by atoms with Gasteiger partial charge in [-0.05, 0) is 29.7 Å². The summed E-state index contributed by atoms with van der Waals surface area (Å²) in [6.07, 6.45) is -0.123. The van der Waals surface area contributed by atoms with Gasteiger partial charge in [0.2, 0.25) is 0 Å². The molecule has 0 saturated carbocycles. The van der Waals surface area contributed by atoms with Crippen LogP contribution in [0.4, 0.5) is 4.39 Å². The van der Waals surface area contributed by atoms with E-state index in [1.807, 2.05) is 13.8 Å². The molecule has 1 nitrogen and oxygen atoms in total. The molecule has 1 atom stereocenters. The highest BCUT2D eigenvalue weighted by Gasteiger charge is 2.12. The standard InChI is InChI=1S/C11H14BrFO/c1-7(2)11(14)6-8-5-9(12)3-4-10(8)13/h3-5,7,11,14H,6H2,1-2H3. The Morgan fingerprint density at radius 1 is 1.43 bits per heavy atom. The molecule has 1 N–H and O–H groups in total. The highest BCUT2D eigenvalue weighted by Crippen LogP contribution is 2.18. The average Bonchev–Trinajstić information content (AvgIpc) is 2.11. The molecule has 0 spiro atoms. The molecule has 0 fully saturated rings. The Kier molecular flexibility index (Phi) is 4.08. The van der Waals surface area contributed by atoms with Crippen LogP contribution in [0.5, 0.6) is 0 Å². The smallest absolute Gasteiger partial charge is 0.126 e. The Balaban J connectivity index is 2.80. The normalized spacial score (nSPS) is 13.3. The van der Waals surface area contributed by atoms with Crippen molar-refractivity contribution in [1.82, 2.24) is 0 Å². The molecule has 0 bridgehead atoms. The van der Waals surface area contributed by atoms with Gasteiger partial charge in [0, 0.05) is 10.9 Å². The predicted molar refractivity (Wildman–Crippen MR) is 58.6 cm³/mol. The summed E-state index contributed by atoms with van der Waals surface area (Å²) in [7, 11) is 0. The lowest BCUT2D eigenvalue weighted by atomic mass is 9.99. The second-order valence-corrected chi connectivity index (χ2v) is 4.67. The predicted octanol–water partition coefficient (Wildman–Crippen LogP) is 3.15. The van der Waals surface area contributed by atoms with E-state index in [-0.39, 0.29) is 11.7 Å². The number of aliphatic hydroxyl groups excluding tert-OH is 1. The first-order valence-electron chi connectivity index (χ1n) is 4.62. The zero-order valence-corrected chi connectivity index (χ0v) is 9.88. The van der Waals surface area contributed by atoms with Crippen molar-refractivity contribution in [2.75, 3.05) is 0 Å². The van der Waals surface area contributed by atoms with E-state index in [0.29, 0.717) is 12.0 Å². The largest absolute Gasteiger partial charge is 0.393 e. The molecule has 14 heavy (non-hydrogen) atoms. The Morgan fingerprint density at radius 2 is 2.07 bits per heavy atom. The zero-order valence-electron chi connectivity index (χ0n) is 8.30. The minimum absolute atomic E-state index is 0.147. The van der Waals surface area contributed by atoms with Gasteiger partial charge in [0.15, 0.2) is 0 Å². The van der Waals surface area contributed by atoms with Gasteiger partial charge in [0.05, 0.1) is 6.10 Å².